The molecule has 62 heavy (non-hydrogen) atoms. The van der Waals surface area contributed by atoms with E-state index in [2.05, 4.69) is 62.5 Å². The molecule has 13 heteroatoms. The van der Waals surface area contributed by atoms with Gasteiger partial charge in [0.05, 0.1) is 13.2 Å². The van der Waals surface area contributed by atoms with Crippen molar-refractivity contribution in [2.75, 3.05) is 19.8 Å². The molecule has 0 heterocycles. The van der Waals surface area contributed by atoms with Crippen molar-refractivity contribution in [3.63, 3.8) is 0 Å². The van der Waals surface area contributed by atoms with Crippen molar-refractivity contribution in [3.8, 4) is 0 Å². The summed E-state index contributed by atoms with van der Waals surface area (Å²) in [5.41, 5.74) is 0. The highest BCUT2D eigenvalue weighted by atomic mass is 31.2. The molecule has 0 radical (unpaired) electrons. The van der Waals surface area contributed by atoms with Crippen LogP contribution in [0.5, 0.6) is 0 Å². The highest BCUT2D eigenvalue weighted by Gasteiger charge is 2.51. The van der Waals surface area contributed by atoms with E-state index in [4.69, 9.17) is 18.5 Å². The van der Waals surface area contributed by atoms with Crippen molar-refractivity contribution in [2.45, 2.75) is 236 Å². The monoisotopic (exact) mass is 901 g/mol. The van der Waals surface area contributed by atoms with Crippen LogP contribution in [0.3, 0.4) is 0 Å². The molecule has 0 bridgehead atoms. The minimum Gasteiger partial charge on any atom is -0.457 e. The van der Waals surface area contributed by atoms with Crippen molar-refractivity contribution in [1.29, 1.82) is 0 Å². The van der Waals surface area contributed by atoms with E-state index < -0.39 is 63.1 Å². The van der Waals surface area contributed by atoms with Gasteiger partial charge >= 0.3 is 13.8 Å². The van der Waals surface area contributed by atoms with Crippen LogP contribution >= 0.6 is 7.82 Å². The van der Waals surface area contributed by atoms with Crippen LogP contribution < -0.4 is 0 Å². The number of phosphoric ester groups is 1. The summed E-state index contributed by atoms with van der Waals surface area (Å²) in [6.07, 6.45) is 36.0. The number of phosphoric acid groups is 1. The van der Waals surface area contributed by atoms with Crippen LogP contribution in [0.15, 0.2) is 48.6 Å². The Morgan fingerprint density at radius 2 is 0.952 bits per heavy atom. The average molecular weight is 901 g/mol. The molecule has 0 aromatic carbocycles. The lowest BCUT2D eigenvalue weighted by Crippen LogP contribution is -2.64. The second kappa shape index (κ2) is 39.6. The maximum Gasteiger partial charge on any atom is 0.472 e. The Hall–Kier alpha value is -1.70. The van der Waals surface area contributed by atoms with Gasteiger partial charge < -0.3 is 39.9 Å². The maximum absolute atomic E-state index is 12.8. The van der Waals surface area contributed by atoms with Gasteiger partial charge in [0.2, 0.25) is 0 Å². The molecule has 12 nitrogen and oxygen atoms in total. The quantitative estimate of drug-likeness (QED) is 0.0147. The second-order valence-corrected chi connectivity index (χ2v) is 18.3. The molecule has 0 aromatic rings. The van der Waals surface area contributed by atoms with Crippen LogP contribution in [0.2, 0.25) is 0 Å². The number of ether oxygens (including phenoxy) is 2. The number of unbranched alkanes of at least 4 members (excludes halogenated alkanes) is 21. The standard InChI is InChI=1S/C49H89O12P/c1-3-5-7-9-11-13-15-17-19-21-22-23-24-26-28-30-32-34-36-38-43(50)60-42(41-59-62(56,57)61-49-47(54)45(52)44(51)46(53)48(49)55)40-58-39-37-35-33-31-29-27-25-20-18-16-14-12-10-8-6-4-2/h5,7,11,13,17,19,22-23,42,44-49,51-55H,3-4,6,8-10,12,14-16,18,20-21,24-41H2,1-2H3,(H,56,57)/b7-5-,13-11-,19-17-,23-22-. The molecule has 1 saturated carbocycles. The molecule has 6 N–H and O–H groups in total. The summed E-state index contributed by atoms with van der Waals surface area (Å²) in [5.74, 6) is -0.490. The van der Waals surface area contributed by atoms with E-state index in [1.165, 1.54) is 83.5 Å². The van der Waals surface area contributed by atoms with Crippen LogP contribution in [0.4, 0.5) is 0 Å². The predicted octanol–water partition coefficient (Wildman–Crippen LogP) is 10.4. The fraction of sp³-hybridized carbons (Fsp3) is 0.816. The Kier molecular flexibility index (Phi) is 37.3. The third-order valence-corrected chi connectivity index (χ3v) is 12.2. The Morgan fingerprint density at radius 1 is 0.532 bits per heavy atom. The zero-order valence-electron chi connectivity index (χ0n) is 38.7. The SMILES string of the molecule is CC/C=C\C/C=C\C/C=C\C/C=C\CCCCCCCCC(=O)OC(COCCCCCCCCCCCCCCCCCC)COP(=O)(O)OC1C(O)C(O)C(O)C(O)C1O. The lowest BCUT2D eigenvalue weighted by atomic mass is 9.85. The molecule has 1 aliphatic rings. The van der Waals surface area contributed by atoms with E-state index in [1.807, 2.05) is 0 Å². The highest BCUT2D eigenvalue weighted by molar-refractivity contribution is 7.47. The predicted molar refractivity (Wildman–Crippen MR) is 249 cm³/mol. The van der Waals surface area contributed by atoms with Crippen LogP contribution in [-0.4, -0.2) is 98.9 Å². The van der Waals surface area contributed by atoms with E-state index in [1.54, 1.807) is 0 Å². The zero-order chi connectivity index (χ0) is 45.5. The first kappa shape index (κ1) is 58.3. The van der Waals surface area contributed by atoms with E-state index in [9.17, 15) is 39.8 Å². The van der Waals surface area contributed by atoms with Crippen molar-refractivity contribution in [1.82, 2.24) is 0 Å². The topological polar surface area (TPSA) is 192 Å². The Bertz CT molecular complexity index is 1210. The minimum absolute atomic E-state index is 0.0813. The molecule has 0 aliphatic heterocycles. The van der Waals surface area contributed by atoms with Gasteiger partial charge in [0.25, 0.3) is 0 Å². The van der Waals surface area contributed by atoms with Crippen LogP contribution in [0.1, 0.15) is 194 Å². The van der Waals surface area contributed by atoms with Crippen LogP contribution in [-0.2, 0) is 27.9 Å². The van der Waals surface area contributed by atoms with E-state index in [0.717, 1.165) is 83.5 Å². The number of allylic oxidation sites excluding steroid dienone is 8. The summed E-state index contributed by atoms with van der Waals surface area (Å²) in [6.45, 7) is 4.15. The molecular formula is C49H89O12P. The summed E-state index contributed by atoms with van der Waals surface area (Å²) in [6, 6.07) is 0. The molecule has 6 unspecified atom stereocenters. The molecule has 1 rings (SSSR count). The van der Waals surface area contributed by atoms with Gasteiger partial charge in [-0.15, -0.1) is 0 Å². The number of hydrogen-bond donors (Lipinski definition) is 6. The smallest absolute Gasteiger partial charge is 0.457 e. The molecule has 0 spiro atoms. The minimum atomic E-state index is -5.02. The lowest BCUT2D eigenvalue weighted by molar-refractivity contribution is -0.220. The summed E-state index contributed by atoms with van der Waals surface area (Å²) in [7, 11) is -5.02. The largest absolute Gasteiger partial charge is 0.472 e. The van der Waals surface area contributed by atoms with Gasteiger partial charge in [0.1, 0.15) is 42.7 Å². The Labute approximate surface area is 375 Å². The number of rotatable bonds is 41. The molecule has 1 aliphatic carbocycles. The summed E-state index contributed by atoms with van der Waals surface area (Å²) >= 11 is 0. The molecule has 6 atom stereocenters. The fourth-order valence-electron chi connectivity index (χ4n) is 7.35. The van der Waals surface area contributed by atoms with Gasteiger partial charge in [-0.25, -0.2) is 4.57 Å². The normalized spacial score (nSPS) is 22.4. The van der Waals surface area contributed by atoms with Crippen molar-refractivity contribution < 1.29 is 58.3 Å². The van der Waals surface area contributed by atoms with Crippen LogP contribution in [0, 0.1) is 0 Å². The molecule has 0 saturated heterocycles. The number of aliphatic hydroxyl groups is 5. The first-order valence-electron chi connectivity index (χ1n) is 24.5. The zero-order valence-corrected chi connectivity index (χ0v) is 39.6. The van der Waals surface area contributed by atoms with Crippen molar-refractivity contribution in [3.05, 3.63) is 48.6 Å². The first-order chi connectivity index (χ1) is 30.0. The third-order valence-electron chi connectivity index (χ3n) is 11.2. The number of esters is 1. The fourth-order valence-corrected chi connectivity index (χ4v) is 8.32. The van der Waals surface area contributed by atoms with Crippen molar-refractivity contribution >= 4 is 13.8 Å². The average Bonchev–Trinajstić information content (AvgIpc) is 3.26. The molecule has 0 aromatic heterocycles. The van der Waals surface area contributed by atoms with E-state index in [0.29, 0.717) is 13.0 Å². The summed E-state index contributed by atoms with van der Waals surface area (Å²) in [4.78, 5) is 23.2. The number of carbonyl (C=O) groups excluding carboxylic acids is 1. The van der Waals surface area contributed by atoms with Gasteiger partial charge in [-0.05, 0) is 51.4 Å². The maximum atomic E-state index is 12.8. The summed E-state index contributed by atoms with van der Waals surface area (Å²) < 4.78 is 34.2. The first-order valence-corrected chi connectivity index (χ1v) is 26.0. The number of aliphatic hydroxyl groups excluding tert-OH is 5. The second-order valence-electron chi connectivity index (χ2n) is 16.9. The Morgan fingerprint density at radius 3 is 1.45 bits per heavy atom. The van der Waals surface area contributed by atoms with Crippen LogP contribution in [0.25, 0.3) is 0 Å². The summed E-state index contributed by atoms with van der Waals surface area (Å²) in [5, 5.41) is 50.2. The molecule has 1 fully saturated rings. The Balaban J connectivity index is 2.38. The van der Waals surface area contributed by atoms with E-state index >= 15 is 0 Å². The number of hydrogen-bond acceptors (Lipinski definition) is 11. The molecule has 0 amide bonds. The van der Waals surface area contributed by atoms with Gasteiger partial charge in [0.15, 0.2) is 0 Å². The lowest BCUT2D eigenvalue weighted by Gasteiger charge is -2.41. The van der Waals surface area contributed by atoms with E-state index in [-0.39, 0.29) is 13.0 Å². The van der Waals surface area contributed by atoms with Crippen molar-refractivity contribution in [2.24, 2.45) is 0 Å². The van der Waals surface area contributed by atoms with Gasteiger partial charge in [-0.2, -0.15) is 0 Å². The highest BCUT2D eigenvalue weighted by Crippen LogP contribution is 2.47. The van der Waals surface area contributed by atoms with Gasteiger partial charge in [0, 0.05) is 13.0 Å². The molecular weight excluding hydrogens is 812 g/mol. The van der Waals surface area contributed by atoms with Gasteiger partial charge in [-0.3, -0.25) is 13.8 Å². The van der Waals surface area contributed by atoms with Gasteiger partial charge in [-0.1, -0.05) is 184 Å². The number of carbonyl (C=O) groups is 1. The third kappa shape index (κ3) is 31.2. The molecule has 362 valence electrons.